The standard InChI is InChI=1S/C20H28O2/c1-19-7-5-11(21)9-16(19)12-10-13(12)18-14-3-4-17(22)20(14,2)8-6-15(18)19/h9,12-15,17-18,22H,3-8,10H2,1-2H3. The summed E-state index contributed by atoms with van der Waals surface area (Å²) in [5, 5.41) is 10.5. The van der Waals surface area contributed by atoms with Gasteiger partial charge in [-0.15, -0.1) is 0 Å². The van der Waals surface area contributed by atoms with Gasteiger partial charge in [-0.1, -0.05) is 19.4 Å². The molecule has 0 aromatic rings. The summed E-state index contributed by atoms with van der Waals surface area (Å²) in [4.78, 5) is 12.0. The first-order valence-corrected chi connectivity index (χ1v) is 9.38. The second kappa shape index (κ2) is 4.06. The van der Waals surface area contributed by atoms with E-state index >= 15 is 0 Å². The Morgan fingerprint density at radius 3 is 2.77 bits per heavy atom. The van der Waals surface area contributed by atoms with Crippen molar-refractivity contribution in [3.8, 4) is 0 Å². The third-order valence-corrected chi connectivity index (χ3v) is 8.70. The second-order valence-electron chi connectivity index (χ2n) is 9.42. The molecule has 0 radical (unpaired) electrons. The van der Waals surface area contributed by atoms with Crippen LogP contribution >= 0.6 is 0 Å². The number of aliphatic hydroxyl groups excluding tert-OH is 1. The van der Waals surface area contributed by atoms with Gasteiger partial charge in [0, 0.05) is 6.42 Å². The van der Waals surface area contributed by atoms with Gasteiger partial charge in [0.25, 0.3) is 0 Å². The summed E-state index contributed by atoms with van der Waals surface area (Å²) in [6.45, 7) is 4.83. The van der Waals surface area contributed by atoms with Gasteiger partial charge in [0.1, 0.15) is 0 Å². The van der Waals surface area contributed by atoms with Crippen LogP contribution in [0.4, 0.5) is 0 Å². The van der Waals surface area contributed by atoms with E-state index in [-0.39, 0.29) is 16.9 Å². The van der Waals surface area contributed by atoms with E-state index in [1.165, 1.54) is 31.3 Å². The van der Waals surface area contributed by atoms with Crippen LogP contribution in [0.25, 0.3) is 0 Å². The summed E-state index contributed by atoms with van der Waals surface area (Å²) >= 11 is 0. The average molecular weight is 300 g/mol. The molecule has 8 atom stereocenters. The zero-order chi connectivity index (χ0) is 15.3. The summed E-state index contributed by atoms with van der Waals surface area (Å²) < 4.78 is 0. The lowest BCUT2D eigenvalue weighted by Crippen LogP contribution is -2.52. The molecule has 2 heteroatoms. The number of rotatable bonds is 0. The minimum Gasteiger partial charge on any atom is -0.393 e. The van der Waals surface area contributed by atoms with E-state index in [1.54, 1.807) is 0 Å². The normalized spacial score (nSPS) is 59.0. The molecule has 22 heavy (non-hydrogen) atoms. The molecule has 4 saturated carbocycles. The third kappa shape index (κ3) is 1.48. The van der Waals surface area contributed by atoms with E-state index in [1.807, 2.05) is 6.08 Å². The first-order valence-electron chi connectivity index (χ1n) is 9.38. The van der Waals surface area contributed by atoms with Gasteiger partial charge in [-0.2, -0.15) is 0 Å². The molecule has 0 aliphatic heterocycles. The Morgan fingerprint density at radius 1 is 1.14 bits per heavy atom. The summed E-state index contributed by atoms with van der Waals surface area (Å²) in [5.41, 5.74) is 1.98. The summed E-state index contributed by atoms with van der Waals surface area (Å²) in [7, 11) is 0. The number of ketones is 1. The second-order valence-corrected chi connectivity index (χ2v) is 9.42. The first kappa shape index (κ1) is 13.8. The highest BCUT2D eigenvalue weighted by atomic mass is 16.3. The molecule has 0 heterocycles. The van der Waals surface area contributed by atoms with Gasteiger partial charge in [-0.25, -0.2) is 0 Å². The smallest absolute Gasteiger partial charge is 0.155 e. The van der Waals surface area contributed by atoms with E-state index in [9.17, 15) is 9.90 Å². The highest BCUT2D eigenvalue weighted by Crippen LogP contribution is 2.73. The summed E-state index contributed by atoms with van der Waals surface area (Å²) in [5.74, 6) is 4.21. The molecule has 0 spiro atoms. The number of allylic oxidation sites excluding steroid dienone is 1. The monoisotopic (exact) mass is 300 g/mol. The Balaban J connectivity index is 1.58. The lowest BCUT2D eigenvalue weighted by atomic mass is 9.47. The molecule has 8 unspecified atom stereocenters. The number of carbonyl (C=O) groups is 1. The van der Waals surface area contributed by atoms with E-state index in [0.29, 0.717) is 11.7 Å². The SMILES string of the molecule is CC12CCC(=O)C=C1C1CC1C1C2CCC2(C)C(O)CCC12. The van der Waals surface area contributed by atoms with Gasteiger partial charge >= 0.3 is 0 Å². The minimum atomic E-state index is -0.0756. The fourth-order valence-corrected chi connectivity index (χ4v) is 7.37. The maximum absolute atomic E-state index is 12.0. The molecule has 0 bridgehead atoms. The Labute approximate surface area is 133 Å². The lowest BCUT2D eigenvalue weighted by Gasteiger charge is -2.57. The molecule has 5 aliphatic carbocycles. The fraction of sp³-hybridized carbons (Fsp3) is 0.850. The van der Waals surface area contributed by atoms with Gasteiger partial charge in [0.05, 0.1) is 6.10 Å². The maximum atomic E-state index is 12.0. The van der Waals surface area contributed by atoms with E-state index in [0.717, 1.165) is 42.9 Å². The molecule has 0 aromatic heterocycles. The molecule has 0 saturated heterocycles. The van der Waals surface area contributed by atoms with Crippen molar-refractivity contribution in [3.63, 3.8) is 0 Å². The van der Waals surface area contributed by atoms with Crippen molar-refractivity contribution in [3.05, 3.63) is 11.6 Å². The molecule has 0 aromatic carbocycles. The Kier molecular flexibility index (Phi) is 2.54. The molecular formula is C20H28O2. The molecule has 1 N–H and O–H groups in total. The highest BCUT2D eigenvalue weighted by molar-refractivity contribution is 5.92. The number of aliphatic hydroxyl groups is 1. The van der Waals surface area contributed by atoms with Gasteiger partial charge in [-0.05, 0) is 85.0 Å². The van der Waals surface area contributed by atoms with Crippen LogP contribution in [-0.4, -0.2) is 17.0 Å². The van der Waals surface area contributed by atoms with Crippen LogP contribution in [0.1, 0.15) is 58.8 Å². The van der Waals surface area contributed by atoms with Crippen molar-refractivity contribution in [2.45, 2.75) is 64.9 Å². The largest absolute Gasteiger partial charge is 0.393 e. The number of carbonyl (C=O) groups excluding carboxylic acids is 1. The molecule has 120 valence electrons. The first-order chi connectivity index (χ1) is 10.4. The van der Waals surface area contributed by atoms with Crippen LogP contribution in [0.2, 0.25) is 0 Å². The summed E-state index contributed by atoms with van der Waals surface area (Å²) in [6, 6.07) is 0. The molecule has 2 nitrogen and oxygen atoms in total. The Bertz CT molecular complexity index is 578. The van der Waals surface area contributed by atoms with Crippen LogP contribution in [0, 0.1) is 40.4 Å². The van der Waals surface area contributed by atoms with Crippen LogP contribution in [0.15, 0.2) is 11.6 Å². The van der Waals surface area contributed by atoms with Crippen LogP contribution in [-0.2, 0) is 4.79 Å². The number of hydrogen-bond acceptors (Lipinski definition) is 2. The molecular weight excluding hydrogens is 272 g/mol. The third-order valence-electron chi connectivity index (χ3n) is 8.70. The zero-order valence-electron chi connectivity index (χ0n) is 13.8. The number of hydrogen-bond donors (Lipinski definition) is 1. The molecule has 5 aliphatic rings. The topological polar surface area (TPSA) is 37.3 Å². The van der Waals surface area contributed by atoms with E-state index in [4.69, 9.17) is 0 Å². The van der Waals surface area contributed by atoms with Crippen molar-refractivity contribution < 1.29 is 9.90 Å². The van der Waals surface area contributed by atoms with Crippen molar-refractivity contribution >= 4 is 5.78 Å². The zero-order valence-corrected chi connectivity index (χ0v) is 13.8. The van der Waals surface area contributed by atoms with E-state index in [2.05, 4.69) is 13.8 Å². The predicted octanol–water partition coefficient (Wildman–Crippen LogP) is 3.74. The van der Waals surface area contributed by atoms with Crippen molar-refractivity contribution in [1.29, 1.82) is 0 Å². The predicted molar refractivity (Wildman–Crippen MR) is 85.1 cm³/mol. The van der Waals surface area contributed by atoms with Crippen LogP contribution in [0.3, 0.4) is 0 Å². The van der Waals surface area contributed by atoms with Crippen LogP contribution < -0.4 is 0 Å². The summed E-state index contributed by atoms with van der Waals surface area (Å²) in [6.07, 6.45) is 9.82. The molecule has 5 rings (SSSR count). The van der Waals surface area contributed by atoms with Crippen molar-refractivity contribution in [1.82, 2.24) is 0 Å². The lowest BCUT2D eigenvalue weighted by molar-refractivity contribution is -0.118. The Hall–Kier alpha value is -0.630. The van der Waals surface area contributed by atoms with Gasteiger partial charge in [-0.3, -0.25) is 4.79 Å². The highest BCUT2D eigenvalue weighted by Gasteiger charge is 2.67. The van der Waals surface area contributed by atoms with Gasteiger partial charge < -0.3 is 5.11 Å². The fourth-order valence-electron chi connectivity index (χ4n) is 7.37. The minimum absolute atomic E-state index is 0.0756. The Morgan fingerprint density at radius 2 is 1.95 bits per heavy atom. The molecule has 4 fully saturated rings. The maximum Gasteiger partial charge on any atom is 0.155 e. The van der Waals surface area contributed by atoms with Gasteiger partial charge in [0.15, 0.2) is 5.78 Å². The van der Waals surface area contributed by atoms with Crippen molar-refractivity contribution in [2.24, 2.45) is 40.4 Å². The van der Waals surface area contributed by atoms with Gasteiger partial charge in [0.2, 0.25) is 0 Å². The van der Waals surface area contributed by atoms with Crippen molar-refractivity contribution in [2.75, 3.05) is 0 Å². The van der Waals surface area contributed by atoms with E-state index < -0.39 is 0 Å². The average Bonchev–Trinajstić information content (AvgIpc) is 3.22. The molecule has 0 amide bonds. The number of fused-ring (bicyclic) bond motifs is 8. The quantitative estimate of drug-likeness (QED) is 0.740. The van der Waals surface area contributed by atoms with Crippen LogP contribution in [0.5, 0.6) is 0 Å².